The average Bonchev–Trinajstić information content (AvgIpc) is 3.26. The van der Waals surface area contributed by atoms with Gasteiger partial charge in [-0.05, 0) is 45.6 Å². The molecule has 5 heterocycles. The van der Waals surface area contributed by atoms with E-state index in [-0.39, 0.29) is 42.7 Å². The first-order chi connectivity index (χ1) is 16.0. The zero-order valence-electron chi connectivity index (χ0n) is 19.9. The van der Waals surface area contributed by atoms with Crippen LogP contribution in [0.3, 0.4) is 0 Å². The van der Waals surface area contributed by atoms with Crippen molar-refractivity contribution in [3.05, 3.63) is 24.2 Å². The predicted octanol–water partition coefficient (Wildman–Crippen LogP) is 3.14. The van der Waals surface area contributed by atoms with E-state index in [1.165, 1.54) is 0 Å². The number of hydrogen-bond donors (Lipinski definition) is 0. The van der Waals surface area contributed by atoms with E-state index >= 15 is 0 Å². The minimum Gasteiger partial charge on any atom is -0.472 e. The van der Waals surface area contributed by atoms with Gasteiger partial charge in [0.15, 0.2) is 6.10 Å². The lowest BCUT2D eigenvalue weighted by Gasteiger charge is -2.65. The number of carbonyl (C=O) groups is 3. The molecule has 2 spiro atoms. The van der Waals surface area contributed by atoms with Crippen LogP contribution in [-0.4, -0.2) is 47.7 Å². The standard InChI is InChI=1S/C26H30O8/c1-22(2)15-9-16(27)24(4)14(25(15)12-31-18(28)10-17(25)33-22)5-7-23(3)19(13-6-8-30-11-13)32-21(29)20-26(23,24)34-20/h6,8,11,14-15,17,19-20H,5,7,9-10,12H2,1-4H3/t14?,15-,17+,19-,20+,23+,24-,25-,26-/m1/s1. The topological polar surface area (TPSA) is 105 Å². The molecule has 4 saturated heterocycles. The second kappa shape index (κ2) is 5.95. The molecule has 0 amide bonds. The van der Waals surface area contributed by atoms with Crippen LogP contribution in [0.5, 0.6) is 0 Å². The molecule has 4 aliphatic heterocycles. The van der Waals surface area contributed by atoms with Crippen molar-refractivity contribution in [1.29, 1.82) is 0 Å². The Morgan fingerprint density at radius 3 is 2.50 bits per heavy atom. The van der Waals surface area contributed by atoms with Gasteiger partial charge < -0.3 is 23.4 Å². The maximum atomic E-state index is 14.2. The molecule has 1 aromatic rings. The summed E-state index contributed by atoms with van der Waals surface area (Å²) < 4.78 is 29.8. The van der Waals surface area contributed by atoms with Crippen LogP contribution in [0.1, 0.15) is 65.0 Å². The summed E-state index contributed by atoms with van der Waals surface area (Å²) in [7, 11) is 0. The van der Waals surface area contributed by atoms with Gasteiger partial charge in [0, 0.05) is 28.7 Å². The highest BCUT2D eigenvalue weighted by atomic mass is 16.7. The highest BCUT2D eigenvalue weighted by molar-refractivity contribution is 5.93. The third-order valence-electron chi connectivity index (χ3n) is 10.7. The molecular weight excluding hydrogens is 440 g/mol. The fraction of sp³-hybridized carbons (Fsp3) is 0.731. The van der Waals surface area contributed by atoms with Gasteiger partial charge in [-0.2, -0.15) is 0 Å². The van der Waals surface area contributed by atoms with E-state index in [2.05, 4.69) is 6.92 Å². The fourth-order valence-electron chi connectivity index (χ4n) is 9.34. The second-order valence-corrected chi connectivity index (χ2v) is 12.2. The summed E-state index contributed by atoms with van der Waals surface area (Å²) in [6.45, 7) is 8.36. The van der Waals surface area contributed by atoms with Gasteiger partial charge in [0.1, 0.15) is 24.1 Å². The lowest BCUT2D eigenvalue weighted by Crippen LogP contribution is -2.72. The van der Waals surface area contributed by atoms with Gasteiger partial charge in [-0.3, -0.25) is 9.59 Å². The number of esters is 2. The number of hydrogen-bond acceptors (Lipinski definition) is 8. The average molecular weight is 471 g/mol. The first-order valence-electron chi connectivity index (χ1n) is 12.3. The molecule has 34 heavy (non-hydrogen) atoms. The Bertz CT molecular complexity index is 1120. The number of carbonyl (C=O) groups excluding carboxylic acids is 3. The van der Waals surface area contributed by atoms with Crippen molar-refractivity contribution < 1.29 is 37.7 Å². The molecule has 6 fully saturated rings. The third-order valence-corrected chi connectivity index (χ3v) is 10.7. The van der Waals surface area contributed by atoms with Crippen LogP contribution in [0.25, 0.3) is 0 Å². The van der Waals surface area contributed by atoms with Crippen molar-refractivity contribution in [3.8, 4) is 0 Å². The van der Waals surface area contributed by atoms with Crippen molar-refractivity contribution in [2.24, 2.45) is 28.1 Å². The van der Waals surface area contributed by atoms with Crippen molar-refractivity contribution in [2.75, 3.05) is 6.61 Å². The number of ketones is 1. The van der Waals surface area contributed by atoms with E-state index < -0.39 is 45.6 Å². The van der Waals surface area contributed by atoms with Crippen LogP contribution in [0.2, 0.25) is 0 Å². The van der Waals surface area contributed by atoms with Crippen LogP contribution in [0, 0.1) is 28.1 Å². The smallest absolute Gasteiger partial charge is 0.339 e. The zero-order valence-corrected chi connectivity index (χ0v) is 19.9. The molecule has 0 aromatic carbocycles. The highest BCUT2D eigenvalue weighted by Gasteiger charge is 2.89. The Kier molecular flexibility index (Phi) is 3.70. The summed E-state index contributed by atoms with van der Waals surface area (Å²) in [5.41, 5.74) is -2.78. The monoisotopic (exact) mass is 470 g/mol. The Morgan fingerprint density at radius 1 is 0.971 bits per heavy atom. The molecule has 2 saturated carbocycles. The molecule has 0 bridgehead atoms. The highest BCUT2D eigenvalue weighted by Crippen LogP contribution is 2.79. The molecule has 182 valence electrons. The summed E-state index contributed by atoms with van der Waals surface area (Å²) in [5, 5.41) is 0. The molecule has 1 aromatic heterocycles. The van der Waals surface area contributed by atoms with E-state index in [0.717, 1.165) is 12.0 Å². The van der Waals surface area contributed by atoms with E-state index in [4.69, 9.17) is 23.4 Å². The van der Waals surface area contributed by atoms with Crippen molar-refractivity contribution in [2.45, 2.75) is 82.9 Å². The van der Waals surface area contributed by atoms with Gasteiger partial charge in [-0.25, -0.2) is 4.79 Å². The predicted molar refractivity (Wildman–Crippen MR) is 114 cm³/mol. The molecule has 2 aliphatic carbocycles. The SMILES string of the molecule is CC1(C)O[C@H]2CC(=O)OC[C@]23C2CC[C@@]4(C)[C@@H](c5ccoc5)OC(=O)[C@@H]5O[C@]54[C@@]2(C)C(=O)C[C@H]13. The number of Topliss-reactive ketones (excluding diaryl/α,β-unsaturated/α-hetero) is 1. The Hall–Kier alpha value is -2.19. The van der Waals surface area contributed by atoms with E-state index in [0.29, 0.717) is 12.8 Å². The van der Waals surface area contributed by atoms with Gasteiger partial charge in [-0.1, -0.05) is 6.92 Å². The first kappa shape index (κ1) is 21.1. The Balaban J connectivity index is 1.41. The maximum absolute atomic E-state index is 14.2. The number of cyclic esters (lactones) is 2. The van der Waals surface area contributed by atoms with Crippen LogP contribution >= 0.6 is 0 Å². The van der Waals surface area contributed by atoms with E-state index in [1.807, 2.05) is 26.8 Å². The molecule has 0 radical (unpaired) electrons. The van der Waals surface area contributed by atoms with Crippen LogP contribution < -0.4 is 0 Å². The number of ether oxygens (including phenoxy) is 4. The first-order valence-corrected chi connectivity index (χ1v) is 12.3. The molecule has 1 unspecified atom stereocenters. The normalized spacial score (nSPS) is 52.4. The van der Waals surface area contributed by atoms with Crippen LogP contribution in [0.15, 0.2) is 23.0 Å². The second-order valence-electron chi connectivity index (χ2n) is 12.2. The lowest BCUT2D eigenvalue weighted by atomic mass is 9.37. The van der Waals surface area contributed by atoms with Crippen molar-refractivity contribution >= 4 is 17.7 Å². The fourth-order valence-corrected chi connectivity index (χ4v) is 9.34. The number of furan rings is 1. The van der Waals surface area contributed by atoms with Crippen LogP contribution in [0.4, 0.5) is 0 Å². The quantitative estimate of drug-likeness (QED) is 0.455. The maximum Gasteiger partial charge on any atom is 0.339 e. The number of epoxide rings is 1. The van der Waals surface area contributed by atoms with Crippen molar-refractivity contribution in [3.63, 3.8) is 0 Å². The molecule has 6 aliphatic rings. The number of fused-ring (bicyclic) bond motifs is 1. The van der Waals surface area contributed by atoms with E-state index in [1.54, 1.807) is 12.5 Å². The van der Waals surface area contributed by atoms with Gasteiger partial charge in [-0.15, -0.1) is 0 Å². The Morgan fingerprint density at radius 2 is 1.76 bits per heavy atom. The van der Waals surface area contributed by atoms with Gasteiger partial charge in [0.25, 0.3) is 0 Å². The lowest BCUT2D eigenvalue weighted by molar-refractivity contribution is -0.225. The molecular formula is C26H30O8. The summed E-state index contributed by atoms with van der Waals surface area (Å²) in [6, 6.07) is 1.81. The molecule has 8 nitrogen and oxygen atoms in total. The largest absolute Gasteiger partial charge is 0.472 e. The number of rotatable bonds is 1. The van der Waals surface area contributed by atoms with Gasteiger partial charge >= 0.3 is 11.9 Å². The minimum atomic E-state index is -0.976. The summed E-state index contributed by atoms with van der Waals surface area (Å²) in [6.07, 6.45) is 3.46. The molecule has 0 N–H and O–H groups in total. The van der Waals surface area contributed by atoms with E-state index in [9.17, 15) is 14.4 Å². The molecule has 9 atom stereocenters. The van der Waals surface area contributed by atoms with Crippen molar-refractivity contribution in [1.82, 2.24) is 0 Å². The molecule has 8 heteroatoms. The molecule has 7 rings (SSSR count). The summed E-state index contributed by atoms with van der Waals surface area (Å²) >= 11 is 0. The zero-order chi connectivity index (χ0) is 23.9. The van der Waals surface area contributed by atoms with Gasteiger partial charge in [0.2, 0.25) is 0 Å². The van der Waals surface area contributed by atoms with Crippen LogP contribution in [-0.2, 0) is 33.3 Å². The Labute approximate surface area is 197 Å². The summed E-state index contributed by atoms with van der Waals surface area (Å²) in [5.74, 6) is -0.780. The third kappa shape index (κ3) is 2.02. The van der Waals surface area contributed by atoms with Gasteiger partial charge in [0.05, 0.1) is 36.1 Å². The minimum absolute atomic E-state index is 0.0677. The summed E-state index contributed by atoms with van der Waals surface area (Å²) in [4.78, 5) is 39.7.